The van der Waals surface area contributed by atoms with Crippen molar-refractivity contribution >= 4 is 41.0 Å². The Bertz CT molecular complexity index is 1360. The highest BCUT2D eigenvalue weighted by Gasteiger charge is 2.47. The number of carbonyl (C=O) groups excluding carboxylic acids is 3. The lowest BCUT2D eigenvalue weighted by Gasteiger charge is -2.35. The maximum atomic E-state index is 13.5. The SMILES string of the molecule is Cc1cc(OC(C)C)ccc1N1C(=O)NC2c3c1ccnc3SC2C(=O)N[C@H]1CC[C@@H](NC(=O)/C=C/CN(C)C)C1. The molecule has 41 heavy (non-hydrogen) atoms. The quantitative estimate of drug-likeness (QED) is 0.388. The van der Waals surface area contributed by atoms with Gasteiger partial charge in [0.2, 0.25) is 11.8 Å². The van der Waals surface area contributed by atoms with Gasteiger partial charge < -0.3 is 25.6 Å². The van der Waals surface area contributed by atoms with Crippen LogP contribution in [0.5, 0.6) is 5.75 Å². The number of pyridine rings is 1. The number of rotatable bonds is 9. The first kappa shape index (κ1) is 28.9. The molecule has 3 N–H and O–H groups in total. The highest BCUT2D eigenvalue weighted by molar-refractivity contribution is 8.01. The molecule has 1 aliphatic carbocycles. The number of nitrogens with zero attached hydrogens (tertiary/aromatic N) is 3. The number of thioether (sulfide) groups is 1. The number of likely N-dealkylation sites (N-methyl/N-ethyl adjacent to an activating group) is 1. The smallest absolute Gasteiger partial charge is 0.327 e. The third-order valence-corrected chi connectivity index (χ3v) is 8.70. The zero-order valence-corrected chi connectivity index (χ0v) is 25.0. The molecule has 11 heteroatoms. The molecule has 2 aromatic rings. The minimum atomic E-state index is -0.532. The molecule has 1 aromatic carbocycles. The predicted octanol–water partition coefficient (Wildman–Crippen LogP) is 3.83. The Morgan fingerprint density at radius 3 is 2.66 bits per heavy atom. The average Bonchev–Trinajstić information content (AvgIpc) is 3.49. The summed E-state index contributed by atoms with van der Waals surface area (Å²) >= 11 is 1.38. The van der Waals surface area contributed by atoms with Crippen molar-refractivity contribution in [3.8, 4) is 5.75 Å². The molecule has 3 aliphatic rings. The molecular weight excluding hydrogens is 540 g/mol. The number of urea groups is 1. The summed E-state index contributed by atoms with van der Waals surface area (Å²) in [6, 6.07) is 6.73. The van der Waals surface area contributed by atoms with Crippen LogP contribution in [0.25, 0.3) is 0 Å². The third-order valence-electron chi connectivity index (χ3n) is 7.41. The van der Waals surface area contributed by atoms with Crippen molar-refractivity contribution in [2.45, 2.75) is 74.5 Å². The van der Waals surface area contributed by atoms with E-state index < -0.39 is 11.3 Å². The van der Waals surface area contributed by atoms with Crippen LogP contribution in [-0.2, 0) is 9.59 Å². The molecule has 2 unspecified atom stereocenters. The van der Waals surface area contributed by atoms with Crippen molar-refractivity contribution in [1.29, 1.82) is 0 Å². The molecule has 0 spiro atoms. The average molecular weight is 579 g/mol. The van der Waals surface area contributed by atoms with Gasteiger partial charge in [0.1, 0.15) is 16.0 Å². The molecule has 5 rings (SSSR count). The number of ether oxygens (including phenoxy) is 1. The fourth-order valence-corrected chi connectivity index (χ4v) is 6.87. The number of amides is 4. The lowest BCUT2D eigenvalue weighted by molar-refractivity contribution is -0.121. The zero-order valence-electron chi connectivity index (χ0n) is 24.1. The first-order valence-corrected chi connectivity index (χ1v) is 14.9. The van der Waals surface area contributed by atoms with Crippen LogP contribution in [0.1, 0.15) is 50.3 Å². The van der Waals surface area contributed by atoms with E-state index in [1.807, 2.05) is 70.1 Å². The molecule has 4 amide bonds. The highest BCUT2D eigenvalue weighted by Crippen LogP contribution is 2.51. The van der Waals surface area contributed by atoms with Crippen LogP contribution in [0.3, 0.4) is 0 Å². The van der Waals surface area contributed by atoms with E-state index in [2.05, 4.69) is 20.9 Å². The number of hydrogen-bond donors (Lipinski definition) is 3. The van der Waals surface area contributed by atoms with Gasteiger partial charge in [-0.05, 0) is 84.0 Å². The lowest BCUT2D eigenvalue weighted by atomic mass is 9.99. The Balaban J connectivity index is 1.26. The molecule has 218 valence electrons. The molecule has 10 nitrogen and oxygen atoms in total. The Kier molecular flexibility index (Phi) is 8.55. The normalized spacial score (nSPS) is 23.2. The van der Waals surface area contributed by atoms with E-state index >= 15 is 0 Å². The van der Waals surface area contributed by atoms with Gasteiger partial charge in [-0.1, -0.05) is 17.8 Å². The predicted molar refractivity (Wildman–Crippen MR) is 160 cm³/mol. The first-order valence-electron chi connectivity index (χ1n) is 14.1. The van der Waals surface area contributed by atoms with Gasteiger partial charge in [0.25, 0.3) is 0 Å². The van der Waals surface area contributed by atoms with Gasteiger partial charge in [0, 0.05) is 36.5 Å². The van der Waals surface area contributed by atoms with E-state index in [9.17, 15) is 14.4 Å². The van der Waals surface area contributed by atoms with Crippen molar-refractivity contribution in [3.05, 3.63) is 53.7 Å². The van der Waals surface area contributed by atoms with Crippen LogP contribution in [0.15, 0.2) is 47.6 Å². The van der Waals surface area contributed by atoms with E-state index in [1.54, 1.807) is 17.2 Å². The molecule has 1 fully saturated rings. The third kappa shape index (κ3) is 6.36. The number of nitrogens with one attached hydrogen (secondary N) is 3. The van der Waals surface area contributed by atoms with E-state index in [0.717, 1.165) is 46.1 Å². The summed E-state index contributed by atoms with van der Waals surface area (Å²) in [5.74, 6) is 0.501. The maximum Gasteiger partial charge on any atom is 0.327 e. The molecular formula is C30H38N6O4S. The van der Waals surface area contributed by atoms with Crippen LogP contribution in [0.2, 0.25) is 0 Å². The van der Waals surface area contributed by atoms with Crippen LogP contribution < -0.4 is 25.6 Å². The maximum absolute atomic E-state index is 13.5. The van der Waals surface area contributed by atoms with Crippen LogP contribution in [0, 0.1) is 6.92 Å². The highest BCUT2D eigenvalue weighted by atomic mass is 32.2. The largest absolute Gasteiger partial charge is 0.491 e. The number of aryl methyl sites for hydroxylation is 1. The van der Waals surface area contributed by atoms with Crippen molar-refractivity contribution in [2.75, 3.05) is 25.5 Å². The summed E-state index contributed by atoms with van der Waals surface area (Å²) < 4.78 is 5.82. The standard InChI is InChI=1S/C30H38N6O4S/c1-17(2)40-21-10-11-22(18(3)15-21)36-23-12-13-31-29-25(23)26(34-30(36)39)27(41-29)28(38)33-20-9-8-19(16-20)32-24(37)7-6-14-35(4)5/h6-7,10-13,15,17,19-20,26-27H,8-9,14,16H2,1-5H3,(H,32,37)(H,33,38)(H,34,39)/b7-6+/t19-,20+,26?,27?/m1/s1. The molecule has 3 heterocycles. The van der Waals surface area contributed by atoms with E-state index in [0.29, 0.717) is 13.0 Å². The van der Waals surface area contributed by atoms with E-state index in [1.165, 1.54) is 11.8 Å². The monoisotopic (exact) mass is 578 g/mol. The van der Waals surface area contributed by atoms with Gasteiger partial charge in [0.15, 0.2) is 0 Å². The molecule has 0 radical (unpaired) electrons. The fourth-order valence-electron chi connectivity index (χ4n) is 5.64. The number of anilines is 2. The number of benzene rings is 1. The van der Waals surface area contributed by atoms with Gasteiger partial charge in [-0.2, -0.15) is 0 Å². The molecule has 4 atom stereocenters. The topological polar surface area (TPSA) is 116 Å². The lowest BCUT2D eigenvalue weighted by Crippen LogP contribution is -2.50. The summed E-state index contributed by atoms with van der Waals surface area (Å²) in [5, 5.41) is 9.50. The number of hydrogen-bond acceptors (Lipinski definition) is 7. The van der Waals surface area contributed by atoms with Crippen LogP contribution in [0.4, 0.5) is 16.2 Å². The Morgan fingerprint density at radius 1 is 1.20 bits per heavy atom. The van der Waals surface area contributed by atoms with Crippen molar-refractivity contribution < 1.29 is 19.1 Å². The van der Waals surface area contributed by atoms with Crippen molar-refractivity contribution in [3.63, 3.8) is 0 Å². The van der Waals surface area contributed by atoms with Gasteiger partial charge in [-0.25, -0.2) is 9.78 Å². The summed E-state index contributed by atoms with van der Waals surface area (Å²) in [6.45, 7) is 6.59. The Hall–Kier alpha value is -3.57. The Morgan fingerprint density at radius 2 is 1.95 bits per heavy atom. The molecule has 1 aromatic heterocycles. The van der Waals surface area contributed by atoms with Crippen molar-refractivity contribution in [2.24, 2.45) is 0 Å². The summed E-state index contributed by atoms with van der Waals surface area (Å²) in [6.07, 6.45) is 7.39. The van der Waals surface area contributed by atoms with E-state index in [-0.39, 0.29) is 36.0 Å². The van der Waals surface area contributed by atoms with Gasteiger partial charge in [-0.15, -0.1) is 0 Å². The van der Waals surface area contributed by atoms with Crippen LogP contribution in [-0.4, -0.2) is 71.8 Å². The first-order chi connectivity index (χ1) is 19.6. The second-order valence-electron chi connectivity index (χ2n) is 11.4. The second kappa shape index (κ2) is 12.1. The fraction of sp³-hybridized carbons (Fsp3) is 0.467. The zero-order chi connectivity index (χ0) is 29.3. The van der Waals surface area contributed by atoms with Crippen LogP contribution >= 0.6 is 11.8 Å². The summed E-state index contributed by atoms with van der Waals surface area (Å²) in [5.41, 5.74) is 3.25. The molecule has 1 saturated carbocycles. The number of aromatic nitrogens is 1. The van der Waals surface area contributed by atoms with Gasteiger partial charge in [-0.3, -0.25) is 14.5 Å². The Labute approximate surface area is 245 Å². The van der Waals surface area contributed by atoms with Gasteiger partial charge >= 0.3 is 6.03 Å². The van der Waals surface area contributed by atoms with Crippen molar-refractivity contribution in [1.82, 2.24) is 25.8 Å². The van der Waals surface area contributed by atoms with E-state index in [4.69, 9.17) is 4.74 Å². The number of carbonyl (C=O) groups is 3. The molecule has 0 bridgehead atoms. The minimum Gasteiger partial charge on any atom is -0.491 e. The molecule has 0 saturated heterocycles. The minimum absolute atomic E-state index is 0.0158. The van der Waals surface area contributed by atoms with Gasteiger partial charge in [0.05, 0.1) is 23.5 Å². The summed E-state index contributed by atoms with van der Waals surface area (Å²) in [7, 11) is 3.89. The molecule has 2 aliphatic heterocycles. The second-order valence-corrected chi connectivity index (χ2v) is 12.5. The summed E-state index contributed by atoms with van der Waals surface area (Å²) in [4.78, 5) is 47.4.